The van der Waals surface area contributed by atoms with E-state index in [0.29, 0.717) is 30.2 Å². The lowest BCUT2D eigenvalue weighted by Gasteiger charge is -2.27. The molecule has 1 atom stereocenters. The lowest BCUT2D eigenvalue weighted by Crippen LogP contribution is -2.29. The van der Waals surface area contributed by atoms with Crippen molar-refractivity contribution in [1.82, 2.24) is 5.43 Å². The van der Waals surface area contributed by atoms with E-state index >= 15 is 0 Å². The maximum absolute atomic E-state index is 12.9. The Morgan fingerprint density at radius 3 is 2.70 bits per heavy atom. The molecule has 1 heterocycles. The average Bonchev–Trinajstić information content (AvgIpc) is 2.45. The van der Waals surface area contributed by atoms with Gasteiger partial charge in [-0.2, -0.15) is 18.3 Å². The van der Waals surface area contributed by atoms with Gasteiger partial charge in [0, 0.05) is 29.7 Å². The molecule has 0 saturated carbocycles. The molecule has 3 rings (SSSR count). The summed E-state index contributed by atoms with van der Waals surface area (Å²) in [6.45, 7) is 1.97. The molecule has 0 spiro atoms. The number of hydrazone groups is 1. The molecule has 1 aliphatic carbocycles. The highest BCUT2D eigenvalue weighted by Gasteiger charge is 2.33. The third-order valence-corrected chi connectivity index (χ3v) is 4.04. The number of alkyl halides is 3. The van der Waals surface area contributed by atoms with Crippen molar-refractivity contribution in [3.05, 3.63) is 40.6 Å². The molecule has 4 nitrogen and oxygen atoms in total. The van der Waals surface area contributed by atoms with Crippen LogP contribution in [0.3, 0.4) is 0 Å². The number of ketones is 1. The summed E-state index contributed by atoms with van der Waals surface area (Å²) in [6.07, 6.45) is -3.25. The Labute approximate surface area is 130 Å². The molecule has 0 bridgehead atoms. The number of phenols is 1. The molecule has 2 aliphatic rings. The minimum Gasteiger partial charge on any atom is -0.508 e. The zero-order chi connectivity index (χ0) is 16.8. The predicted octanol–water partition coefficient (Wildman–Crippen LogP) is 3.36. The van der Waals surface area contributed by atoms with Crippen molar-refractivity contribution in [1.29, 1.82) is 0 Å². The Bertz CT molecular complexity index is 735. The second-order valence-electron chi connectivity index (χ2n) is 6.01. The van der Waals surface area contributed by atoms with Gasteiger partial charge in [0.25, 0.3) is 0 Å². The highest BCUT2D eigenvalue weighted by atomic mass is 19.4. The molecule has 122 valence electrons. The van der Waals surface area contributed by atoms with Crippen LogP contribution in [0.5, 0.6) is 5.75 Å². The van der Waals surface area contributed by atoms with E-state index in [4.69, 9.17) is 0 Å². The monoisotopic (exact) mass is 324 g/mol. The summed E-state index contributed by atoms with van der Waals surface area (Å²) in [7, 11) is 0. The van der Waals surface area contributed by atoms with Crippen LogP contribution in [0.15, 0.2) is 34.6 Å². The fourth-order valence-corrected chi connectivity index (χ4v) is 2.92. The van der Waals surface area contributed by atoms with E-state index in [-0.39, 0.29) is 23.7 Å². The average molecular weight is 324 g/mol. The lowest BCUT2D eigenvalue weighted by molar-refractivity contribution is -0.137. The topological polar surface area (TPSA) is 61.7 Å². The molecule has 1 aromatic rings. The molecular formula is C16H15F3N2O2. The molecule has 2 N–H and O–H groups in total. The second-order valence-corrected chi connectivity index (χ2v) is 6.01. The molecule has 1 unspecified atom stereocenters. The summed E-state index contributed by atoms with van der Waals surface area (Å²) in [6, 6.07) is 2.82. The zero-order valence-corrected chi connectivity index (χ0v) is 12.4. The minimum absolute atomic E-state index is 0.00477. The van der Waals surface area contributed by atoms with E-state index in [1.807, 2.05) is 6.92 Å². The largest absolute Gasteiger partial charge is 0.508 e. The minimum atomic E-state index is -4.56. The van der Waals surface area contributed by atoms with E-state index in [1.54, 1.807) is 0 Å². The normalized spacial score (nSPS) is 21.7. The van der Waals surface area contributed by atoms with Gasteiger partial charge in [-0.1, -0.05) is 6.92 Å². The molecule has 0 aromatic heterocycles. The molecule has 0 radical (unpaired) electrons. The number of nitrogens with one attached hydrogen (secondary N) is 1. The summed E-state index contributed by atoms with van der Waals surface area (Å²) in [5, 5.41) is 13.6. The molecule has 1 aliphatic heterocycles. The van der Waals surface area contributed by atoms with Crippen molar-refractivity contribution in [2.75, 3.05) is 0 Å². The van der Waals surface area contributed by atoms with Crippen LogP contribution in [0.25, 0.3) is 0 Å². The van der Waals surface area contributed by atoms with Crippen molar-refractivity contribution in [3.8, 4) is 5.75 Å². The van der Waals surface area contributed by atoms with Gasteiger partial charge in [-0.25, -0.2) is 0 Å². The van der Waals surface area contributed by atoms with Gasteiger partial charge in [0.2, 0.25) is 0 Å². The first-order valence-corrected chi connectivity index (χ1v) is 7.23. The second kappa shape index (κ2) is 5.40. The van der Waals surface area contributed by atoms with Crippen molar-refractivity contribution in [3.63, 3.8) is 0 Å². The third kappa shape index (κ3) is 3.09. The molecule has 7 heteroatoms. The van der Waals surface area contributed by atoms with Crippen LogP contribution in [0.2, 0.25) is 0 Å². The number of aromatic hydroxyl groups is 1. The van der Waals surface area contributed by atoms with Crippen LogP contribution >= 0.6 is 0 Å². The van der Waals surface area contributed by atoms with E-state index in [0.717, 1.165) is 11.8 Å². The highest BCUT2D eigenvalue weighted by molar-refractivity contribution is 6.09. The van der Waals surface area contributed by atoms with Gasteiger partial charge >= 0.3 is 6.18 Å². The smallest absolute Gasteiger partial charge is 0.416 e. The first kappa shape index (κ1) is 15.6. The number of rotatable bonds is 1. The summed E-state index contributed by atoms with van der Waals surface area (Å²) < 4.78 is 38.6. The van der Waals surface area contributed by atoms with Crippen LogP contribution in [-0.4, -0.2) is 16.6 Å². The fourth-order valence-electron chi connectivity index (χ4n) is 2.92. The number of carbonyl (C=O) groups is 1. The number of nitrogens with zero attached hydrogens (tertiary/aromatic N) is 1. The number of allylic oxidation sites excluding steroid dienone is 2. The molecule has 0 saturated heterocycles. The fraction of sp³-hybridized carbons (Fsp3) is 0.375. The van der Waals surface area contributed by atoms with E-state index in [9.17, 15) is 23.1 Å². The summed E-state index contributed by atoms with van der Waals surface area (Å²) in [5.74, 6) is -0.265. The lowest BCUT2D eigenvalue weighted by atomic mass is 9.84. The first-order valence-electron chi connectivity index (χ1n) is 7.23. The number of hydrogen-bond donors (Lipinski definition) is 2. The Balaban J connectivity index is 1.93. The Hall–Kier alpha value is -2.31. The van der Waals surface area contributed by atoms with Crippen LogP contribution in [0, 0.1) is 5.92 Å². The number of carbonyl (C=O) groups excluding carboxylic acids is 1. The van der Waals surface area contributed by atoms with Gasteiger partial charge in [-0.15, -0.1) is 0 Å². The van der Waals surface area contributed by atoms with Crippen LogP contribution in [-0.2, 0) is 11.0 Å². The van der Waals surface area contributed by atoms with Crippen LogP contribution in [0.1, 0.15) is 37.3 Å². The Morgan fingerprint density at radius 2 is 2.00 bits per heavy atom. The Kier molecular flexibility index (Phi) is 3.66. The molecule has 23 heavy (non-hydrogen) atoms. The van der Waals surface area contributed by atoms with Crippen molar-refractivity contribution < 1.29 is 23.1 Å². The quantitative estimate of drug-likeness (QED) is 0.833. The first-order chi connectivity index (χ1) is 10.7. The number of benzene rings is 1. The van der Waals surface area contributed by atoms with E-state index in [1.165, 1.54) is 6.07 Å². The van der Waals surface area contributed by atoms with Gasteiger partial charge in [0.15, 0.2) is 5.78 Å². The van der Waals surface area contributed by atoms with E-state index < -0.39 is 17.5 Å². The highest BCUT2D eigenvalue weighted by Crippen LogP contribution is 2.34. The third-order valence-electron chi connectivity index (χ3n) is 4.04. The van der Waals surface area contributed by atoms with Gasteiger partial charge in [0.1, 0.15) is 5.75 Å². The van der Waals surface area contributed by atoms with E-state index in [2.05, 4.69) is 10.5 Å². The summed E-state index contributed by atoms with van der Waals surface area (Å²) in [5.41, 5.74) is 3.63. The number of Topliss-reactive ketones (excluding diaryl/α,β-unsaturated/α-hetero) is 1. The van der Waals surface area contributed by atoms with Gasteiger partial charge < -0.3 is 5.11 Å². The number of halogens is 3. The maximum Gasteiger partial charge on any atom is 0.416 e. The van der Waals surface area contributed by atoms with Gasteiger partial charge in [-0.3, -0.25) is 10.2 Å². The van der Waals surface area contributed by atoms with Gasteiger partial charge in [0.05, 0.1) is 11.3 Å². The van der Waals surface area contributed by atoms with Crippen LogP contribution in [0.4, 0.5) is 13.2 Å². The predicted molar refractivity (Wildman–Crippen MR) is 77.8 cm³/mol. The van der Waals surface area contributed by atoms with Crippen molar-refractivity contribution in [2.45, 2.75) is 32.4 Å². The molecular weight excluding hydrogens is 309 g/mol. The standard InChI is InChI=1S/C16H15F3N2O2/c1-8-2-14-12(15(23)3-8)7-13(20-21-14)9-4-10(16(17,18)19)6-11(22)5-9/h4-6,8,21-22H,2-3,7H2,1H3. The number of hydrogen-bond acceptors (Lipinski definition) is 4. The van der Waals surface area contributed by atoms with Gasteiger partial charge in [-0.05, 0) is 30.5 Å². The van der Waals surface area contributed by atoms with Crippen molar-refractivity contribution in [2.24, 2.45) is 11.0 Å². The number of phenolic OH excluding ortho intramolecular Hbond substituents is 1. The summed E-state index contributed by atoms with van der Waals surface area (Å²) in [4.78, 5) is 12.1. The molecule has 0 fully saturated rings. The Morgan fingerprint density at radius 1 is 1.26 bits per heavy atom. The SMILES string of the molecule is CC1CC(=O)C2=C(C1)NN=C(c1cc(O)cc(C(F)(F)F)c1)C2. The molecule has 0 amide bonds. The zero-order valence-electron chi connectivity index (χ0n) is 12.4. The maximum atomic E-state index is 12.9. The molecule has 1 aromatic carbocycles. The van der Waals surface area contributed by atoms with Crippen LogP contribution < -0.4 is 5.43 Å². The van der Waals surface area contributed by atoms with Crippen molar-refractivity contribution >= 4 is 11.5 Å². The summed E-state index contributed by atoms with van der Waals surface area (Å²) >= 11 is 0.